The van der Waals surface area contributed by atoms with Gasteiger partial charge in [-0.05, 0) is 62.1 Å². The van der Waals surface area contributed by atoms with Crippen molar-refractivity contribution in [2.45, 2.75) is 44.9 Å². The van der Waals surface area contributed by atoms with Gasteiger partial charge < -0.3 is 0 Å². The van der Waals surface area contributed by atoms with Crippen molar-refractivity contribution >= 4 is 33.4 Å². The average molecular weight is 418 g/mol. The molecule has 5 nitrogen and oxygen atoms in total. The van der Waals surface area contributed by atoms with Crippen LogP contribution in [0.5, 0.6) is 0 Å². The minimum absolute atomic E-state index is 0.0487. The molecule has 0 atom stereocenters. The van der Waals surface area contributed by atoms with E-state index in [0.29, 0.717) is 12.0 Å². The SMILES string of the molecule is O=C1C(=CNn2cnc3sc4c(c3c2=O)CCCC4)CCCC1=Cc1ccccc1. The van der Waals surface area contributed by atoms with Gasteiger partial charge in [0.25, 0.3) is 5.56 Å². The Morgan fingerprint density at radius 3 is 2.63 bits per heavy atom. The van der Waals surface area contributed by atoms with Crippen molar-refractivity contribution < 1.29 is 4.79 Å². The number of fused-ring (bicyclic) bond motifs is 3. The maximum Gasteiger partial charge on any atom is 0.281 e. The number of carbonyl (C=O) groups excluding carboxylic acids is 1. The molecule has 6 heteroatoms. The van der Waals surface area contributed by atoms with Crippen molar-refractivity contribution in [3.8, 4) is 0 Å². The summed E-state index contributed by atoms with van der Waals surface area (Å²) >= 11 is 1.64. The Balaban J connectivity index is 1.42. The number of aromatic nitrogens is 2. The average Bonchev–Trinajstić information content (AvgIpc) is 3.16. The maximum absolute atomic E-state index is 13.1. The van der Waals surface area contributed by atoms with E-state index in [1.807, 2.05) is 36.4 Å². The molecule has 2 aliphatic rings. The summed E-state index contributed by atoms with van der Waals surface area (Å²) in [5, 5.41) is 0.739. The Labute approximate surface area is 178 Å². The number of benzene rings is 1. The number of hydrogen-bond acceptors (Lipinski definition) is 5. The second-order valence-electron chi connectivity index (χ2n) is 7.87. The summed E-state index contributed by atoms with van der Waals surface area (Å²) in [5.74, 6) is 0.0487. The zero-order chi connectivity index (χ0) is 20.5. The molecule has 1 saturated carbocycles. The zero-order valence-corrected chi connectivity index (χ0v) is 17.5. The molecule has 30 heavy (non-hydrogen) atoms. The highest BCUT2D eigenvalue weighted by atomic mass is 32.1. The fourth-order valence-corrected chi connectivity index (χ4v) is 5.53. The first-order valence-corrected chi connectivity index (χ1v) is 11.3. The van der Waals surface area contributed by atoms with E-state index in [1.165, 1.54) is 27.9 Å². The molecule has 2 heterocycles. The smallest absolute Gasteiger partial charge is 0.281 e. The number of allylic oxidation sites excluding steroid dienone is 2. The number of Topliss-reactive ketones (excluding diaryl/α,β-unsaturated/α-hetero) is 1. The Kier molecular flexibility index (Phi) is 5.09. The summed E-state index contributed by atoms with van der Waals surface area (Å²) in [7, 11) is 0. The van der Waals surface area contributed by atoms with Gasteiger partial charge in [0, 0.05) is 22.2 Å². The summed E-state index contributed by atoms with van der Waals surface area (Å²) in [5.41, 5.74) is 6.65. The van der Waals surface area contributed by atoms with Crippen LogP contribution in [0.3, 0.4) is 0 Å². The van der Waals surface area contributed by atoms with Gasteiger partial charge in [0.05, 0.1) is 5.39 Å². The third-order valence-corrected chi connectivity index (χ3v) is 7.07. The first kappa shape index (κ1) is 19.0. The maximum atomic E-state index is 13.1. The van der Waals surface area contributed by atoms with Crippen LogP contribution < -0.4 is 11.0 Å². The monoisotopic (exact) mass is 417 g/mol. The molecular weight excluding hydrogens is 394 g/mol. The number of aryl methyl sites for hydroxylation is 2. The fourth-order valence-electron chi connectivity index (χ4n) is 4.31. The third-order valence-electron chi connectivity index (χ3n) is 5.87. The molecule has 1 aromatic carbocycles. The van der Waals surface area contributed by atoms with Crippen LogP contribution in [-0.4, -0.2) is 15.4 Å². The number of carbonyl (C=O) groups is 1. The predicted octanol–water partition coefficient (Wildman–Crippen LogP) is 4.60. The lowest BCUT2D eigenvalue weighted by Crippen LogP contribution is -2.27. The molecule has 2 aromatic heterocycles. The lowest BCUT2D eigenvalue weighted by molar-refractivity contribution is -0.112. The first-order valence-electron chi connectivity index (χ1n) is 10.5. The van der Waals surface area contributed by atoms with E-state index >= 15 is 0 Å². The number of rotatable bonds is 3. The number of nitrogens with one attached hydrogen (secondary N) is 1. The number of hydrogen-bond donors (Lipinski definition) is 1. The molecule has 3 aromatic rings. The Bertz CT molecular complexity index is 1230. The zero-order valence-electron chi connectivity index (χ0n) is 16.7. The van der Waals surface area contributed by atoms with Crippen LogP contribution in [0.1, 0.15) is 48.1 Å². The molecule has 5 rings (SSSR count). The van der Waals surface area contributed by atoms with Crippen LogP contribution in [0.25, 0.3) is 16.3 Å². The molecule has 0 spiro atoms. The Morgan fingerprint density at radius 2 is 1.77 bits per heavy atom. The van der Waals surface area contributed by atoms with E-state index in [9.17, 15) is 9.59 Å². The lowest BCUT2D eigenvalue weighted by atomic mass is 9.88. The fraction of sp³-hybridized carbons (Fsp3) is 0.292. The number of nitrogens with zero attached hydrogens (tertiary/aromatic N) is 2. The number of thiophene rings is 1. The first-order chi connectivity index (χ1) is 14.7. The minimum atomic E-state index is -0.0837. The van der Waals surface area contributed by atoms with Gasteiger partial charge in [-0.25, -0.2) is 9.66 Å². The van der Waals surface area contributed by atoms with Crippen LogP contribution in [0.2, 0.25) is 0 Å². The summed E-state index contributed by atoms with van der Waals surface area (Å²) in [4.78, 5) is 32.6. The van der Waals surface area contributed by atoms with Gasteiger partial charge in [-0.1, -0.05) is 30.3 Å². The van der Waals surface area contributed by atoms with Gasteiger partial charge >= 0.3 is 0 Å². The molecule has 1 N–H and O–H groups in total. The minimum Gasteiger partial charge on any atom is -0.297 e. The van der Waals surface area contributed by atoms with Crippen molar-refractivity contribution in [3.05, 3.63) is 80.4 Å². The van der Waals surface area contributed by atoms with E-state index in [2.05, 4.69) is 10.4 Å². The highest BCUT2D eigenvalue weighted by Gasteiger charge is 2.22. The van der Waals surface area contributed by atoms with Crippen LogP contribution in [-0.2, 0) is 17.6 Å². The molecule has 0 saturated heterocycles. The largest absolute Gasteiger partial charge is 0.297 e. The quantitative estimate of drug-likeness (QED) is 0.633. The molecule has 0 amide bonds. The highest BCUT2D eigenvalue weighted by Crippen LogP contribution is 2.33. The molecule has 1 fully saturated rings. The predicted molar refractivity (Wildman–Crippen MR) is 121 cm³/mol. The molecule has 2 aliphatic carbocycles. The van der Waals surface area contributed by atoms with Gasteiger partial charge in [-0.3, -0.25) is 15.0 Å². The topological polar surface area (TPSA) is 64.0 Å². The summed E-state index contributed by atoms with van der Waals surface area (Å²) in [6.45, 7) is 0. The van der Waals surface area contributed by atoms with E-state index in [0.717, 1.165) is 53.5 Å². The Morgan fingerprint density at radius 1 is 0.967 bits per heavy atom. The summed E-state index contributed by atoms with van der Waals surface area (Å²) in [6, 6.07) is 9.90. The molecule has 0 radical (unpaired) electrons. The molecule has 0 aliphatic heterocycles. The highest BCUT2D eigenvalue weighted by molar-refractivity contribution is 7.18. The van der Waals surface area contributed by atoms with Crippen molar-refractivity contribution in [1.29, 1.82) is 0 Å². The van der Waals surface area contributed by atoms with Crippen molar-refractivity contribution in [1.82, 2.24) is 9.66 Å². The molecule has 152 valence electrons. The van der Waals surface area contributed by atoms with Crippen molar-refractivity contribution in [2.75, 3.05) is 5.43 Å². The molecular formula is C24H23N3O2S. The molecule has 0 bridgehead atoms. The normalized spacial score (nSPS) is 19.4. The van der Waals surface area contributed by atoms with Gasteiger partial charge in [-0.15, -0.1) is 11.3 Å². The third kappa shape index (κ3) is 3.52. The standard InChI is InChI=1S/C24H23N3O2S/c28-22-17(13-16-7-2-1-3-8-16)9-6-10-18(22)14-26-27-15-25-23-21(24(27)29)19-11-4-5-12-20(19)30-23/h1-3,7-8,13-15,26H,4-6,9-12H2. The number of ketones is 1. The van der Waals surface area contributed by atoms with Crippen LogP contribution in [0.4, 0.5) is 0 Å². The van der Waals surface area contributed by atoms with Gasteiger partial charge in [0.2, 0.25) is 0 Å². The van der Waals surface area contributed by atoms with Crippen LogP contribution in [0, 0.1) is 0 Å². The van der Waals surface area contributed by atoms with Crippen LogP contribution in [0.15, 0.2) is 58.8 Å². The summed E-state index contributed by atoms with van der Waals surface area (Å²) in [6.07, 6.45) is 11.9. The van der Waals surface area contributed by atoms with Crippen LogP contribution >= 0.6 is 11.3 Å². The van der Waals surface area contributed by atoms with E-state index in [4.69, 9.17) is 0 Å². The van der Waals surface area contributed by atoms with E-state index in [-0.39, 0.29) is 11.3 Å². The second-order valence-corrected chi connectivity index (χ2v) is 8.96. The van der Waals surface area contributed by atoms with Crippen molar-refractivity contribution in [3.63, 3.8) is 0 Å². The Hall–Kier alpha value is -2.99. The lowest BCUT2D eigenvalue weighted by Gasteiger charge is -2.17. The van der Waals surface area contributed by atoms with Gasteiger partial charge in [0.1, 0.15) is 11.2 Å². The van der Waals surface area contributed by atoms with Gasteiger partial charge in [-0.2, -0.15) is 0 Å². The van der Waals surface area contributed by atoms with E-state index < -0.39 is 0 Å². The summed E-state index contributed by atoms with van der Waals surface area (Å²) < 4.78 is 1.40. The molecule has 0 unspecified atom stereocenters. The van der Waals surface area contributed by atoms with Crippen molar-refractivity contribution in [2.24, 2.45) is 0 Å². The van der Waals surface area contributed by atoms with E-state index in [1.54, 1.807) is 17.5 Å². The second kappa shape index (κ2) is 8.03. The van der Waals surface area contributed by atoms with Gasteiger partial charge in [0.15, 0.2) is 5.78 Å².